The molecule has 1 aliphatic rings. The van der Waals surface area contributed by atoms with Gasteiger partial charge in [0.15, 0.2) is 0 Å². The van der Waals surface area contributed by atoms with Gasteiger partial charge in [-0.05, 0) is 30.7 Å². The van der Waals surface area contributed by atoms with Crippen LogP contribution in [0.1, 0.15) is 37.4 Å². The van der Waals surface area contributed by atoms with E-state index in [2.05, 4.69) is 19.7 Å². The van der Waals surface area contributed by atoms with Gasteiger partial charge in [0.2, 0.25) is 9.99 Å². The maximum atomic E-state index is 13.2. The van der Waals surface area contributed by atoms with Crippen molar-refractivity contribution < 1.29 is 13.2 Å². The first-order chi connectivity index (χ1) is 13.9. The van der Waals surface area contributed by atoms with Crippen LogP contribution in [-0.4, -0.2) is 49.3 Å². The van der Waals surface area contributed by atoms with Crippen molar-refractivity contribution in [3.8, 4) is 0 Å². The smallest absolute Gasteiger partial charge is 0.281 e. The molecule has 0 spiro atoms. The quantitative estimate of drug-likeness (QED) is 0.640. The van der Waals surface area contributed by atoms with Crippen molar-refractivity contribution in [1.29, 1.82) is 0 Å². The van der Waals surface area contributed by atoms with E-state index in [9.17, 15) is 8.42 Å². The zero-order valence-corrected chi connectivity index (χ0v) is 18.4. The Kier molecular flexibility index (Phi) is 5.50. The highest BCUT2D eigenvalue weighted by molar-refractivity contribution is 7.92. The number of morpholine rings is 1. The van der Waals surface area contributed by atoms with E-state index < -0.39 is 10.0 Å². The first kappa shape index (κ1) is 20.1. The molecule has 29 heavy (non-hydrogen) atoms. The number of hydrogen-bond acceptors (Lipinski definition) is 7. The molecule has 0 saturated carbocycles. The minimum absolute atomic E-state index is 0.121. The Balaban J connectivity index is 1.63. The fourth-order valence-electron chi connectivity index (χ4n) is 3.28. The summed E-state index contributed by atoms with van der Waals surface area (Å²) in [5.41, 5.74) is 2.09. The number of imidazole rings is 1. The number of anilines is 2. The molecule has 4 rings (SSSR count). The van der Waals surface area contributed by atoms with Crippen LogP contribution in [0.15, 0.2) is 29.3 Å². The van der Waals surface area contributed by atoms with E-state index >= 15 is 0 Å². The molecule has 0 atom stereocenters. The number of sulfonamides is 1. The van der Waals surface area contributed by atoms with Crippen LogP contribution in [0.2, 0.25) is 0 Å². The van der Waals surface area contributed by atoms with Gasteiger partial charge in [0.1, 0.15) is 5.01 Å². The molecule has 156 valence electrons. The summed E-state index contributed by atoms with van der Waals surface area (Å²) in [6, 6.07) is 7.42. The number of rotatable bonds is 6. The Morgan fingerprint density at radius 2 is 1.90 bits per heavy atom. The molecule has 0 amide bonds. The summed E-state index contributed by atoms with van der Waals surface area (Å²) in [7, 11) is -3.83. The summed E-state index contributed by atoms with van der Waals surface area (Å²) in [6.45, 7) is 9.03. The topological polar surface area (TPSA) is 88.8 Å². The number of nitrogens with one attached hydrogen (secondary N) is 1. The third-order valence-corrected chi connectivity index (χ3v) is 7.46. The molecule has 1 fully saturated rings. The van der Waals surface area contributed by atoms with E-state index in [1.54, 1.807) is 12.1 Å². The Hall–Kier alpha value is -2.17. The third-order valence-electron chi connectivity index (χ3n) is 4.82. The Bertz CT molecular complexity index is 1100. The van der Waals surface area contributed by atoms with Crippen LogP contribution in [0, 0.1) is 0 Å². The molecular weight excluding hydrogens is 410 g/mol. The van der Waals surface area contributed by atoms with Crippen LogP contribution in [0.3, 0.4) is 0 Å². The molecule has 2 aromatic heterocycles. The zero-order chi connectivity index (χ0) is 20.6. The van der Waals surface area contributed by atoms with Crippen LogP contribution in [-0.2, 0) is 21.2 Å². The molecule has 1 aromatic carbocycles. The molecular formula is C19H25N5O3S2. The van der Waals surface area contributed by atoms with Gasteiger partial charge in [0.05, 0.1) is 18.9 Å². The lowest BCUT2D eigenvalue weighted by atomic mass is 10.2. The highest BCUT2D eigenvalue weighted by Crippen LogP contribution is 2.28. The second-order valence-corrected chi connectivity index (χ2v) is 9.84. The fourth-order valence-corrected chi connectivity index (χ4v) is 5.66. The van der Waals surface area contributed by atoms with Gasteiger partial charge in [-0.2, -0.15) is 18.0 Å². The summed E-state index contributed by atoms with van der Waals surface area (Å²) < 4.78 is 35.9. The Morgan fingerprint density at radius 3 is 2.52 bits per heavy atom. The summed E-state index contributed by atoms with van der Waals surface area (Å²) in [4.78, 5) is 7.33. The molecule has 0 radical (unpaired) electrons. The van der Waals surface area contributed by atoms with Crippen LogP contribution >= 0.6 is 11.3 Å². The third kappa shape index (κ3) is 3.96. The van der Waals surface area contributed by atoms with Gasteiger partial charge in [-0.1, -0.05) is 32.1 Å². The van der Waals surface area contributed by atoms with Gasteiger partial charge in [-0.15, -0.1) is 0 Å². The van der Waals surface area contributed by atoms with Crippen molar-refractivity contribution in [2.24, 2.45) is 0 Å². The lowest BCUT2D eigenvalue weighted by molar-refractivity contribution is 0.122. The maximum Gasteiger partial charge on any atom is 0.281 e. The number of fused-ring (bicyclic) bond motifs is 1. The monoisotopic (exact) mass is 435 g/mol. The van der Waals surface area contributed by atoms with E-state index in [-0.39, 0.29) is 10.9 Å². The zero-order valence-electron chi connectivity index (χ0n) is 16.8. The molecule has 3 heterocycles. The number of hydrogen-bond donors (Lipinski definition) is 1. The van der Waals surface area contributed by atoms with Crippen molar-refractivity contribution in [2.75, 3.05) is 35.9 Å². The number of aromatic nitrogens is 3. The van der Waals surface area contributed by atoms with Crippen LogP contribution in [0.5, 0.6) is 0 Å². The molecule has 0 bridgehead atoms. The van der Waals surface area contributed by atoms with Gasteiger partial charge >= 0.3 is 0 Å². The fraction of sp³-hybridized carbons (Fsp3) is 0.474. The number of benzene rings is 1. The van der Waals surface area contributed by atoms with E-state index in [1.165, 1.54) is 15.9 Å². The second kappa shape index (κ2) is 7.92. The number of nitrogens with zero attached hydrogens (tertiary/aromatic N) is 4. The lowest BCUT2D eigenvalue weighted by Crippen LogP contribution is -2.36. The molecule has 8 nitrogen and oxygen atoms in total. The van der Waals surface area contributed by atoms with Crippen molar-refractivity contribution in [2.45, 2.75) is 38.1 Å². The van der Waals surface area contributed by atoms with Crippen LogP contribution in [0.25, 0.3) is 4.96 Å². The van der Waals surface area contributed by atoms with E-state index in [0.717, 1.165) is 23.8 Å². The summed E-state index contributed by atoms with van der Waals surface area (Å²) in [5, 5.41) is 5.48. The first-order valence-electron chi connectivity index (χ1n) is 9.73. The molecule has 10 heteroatoms. The average molecular weight is 436 g/mol. The number of aryl methyl sites for hydroxylation is 1. The predicted octanol–water partition coefficient (Wildman–Crippen LogP) is 3.11. The summed E-state index contributed by atoms with van der Waals surface area (Å²) in [5.74, 6) is 0.211. The van der Waals surface area contributed by atoms with Gasteiger partial charge in [0, 0.05) is 30.4 Å². The van der Waals surface area contributed by atoms with E-state index in [1.807, 2.05) is 32.9 Å². The highest BCUT2D eigenvalue weighted by Gasteiger charge is 2.27. The molecule has 1 N–H and O–H groups in total. The summed E-state index contributed by atoms with van der Waals surface area (Å²) in [6.07, 6.45) is 0.513. The van der Waals surface area contributed by atoms with E-state index in [0.29, 0.717) is 36.0 Å². The minimum Gasteiger partial charge on any atom is -0.378 e. The molecule has 1 saturated heterocycles. The van der Waals surface area contributed by atoms with Crippen molar-refractivity contribution in [1.82, 2.24) is 14.6 Å². The van der Waals surface area contributed by atoms with Crippen molar-refractivity contribution in [3.05, 3.63) is 35.0 Å². The standard InChI is InChI=1S/C19H25N5O3S2/c1-4-16-18(24-19(20-16)28-17(21-24)13(2)3)29(25,26)22-14-5-7-15(8-6-14)23-9-11-27-12-10-23/h5-8,13,22H,4,9-12H2,1-3H3. The van der Waals surface area contributed by atoms with Gasteiger partial charge in [0.25, 0.3) is 10.0 Å². The SMILES string of the molecule is CCc1nc2sc(C(C)C)nn2c1S(=O)(=O)Nc1ccc(N2CCOCC2)cc1. The van der Waals surface area contributed by atoms with Crippen LogP contribution in [0.4, 0.5) is 11.4 Å². The van der Waals surface area contributed by atoms with Gasteiger partial charge < -0.3 is 9.64 Å². The summed E-state index contributed by atoms with van der Waals surface area (Å²) >= 11 is 1.43. The first-order valence-corrected chi connectivity index (χ1v) is 12.0. The predicted molar refractivity (Wildman–Crippen MR) is 115 cm³/mol. The number of ether oxygens (including phenoxy) is 1. The largest absolute Gasteiger partial charge is 0.378 e. The van der Waals surface area contributed by atoms with Crippen LogP contribution < -0.4 is 9.62 Å². The van der Waals surface area contributed by atoms with Gasteiger partial charge in [-0.3, -0.25) is 4.72 Å². The molecule has 0 unspecified atom stereocenters. The molecule has 3 aromatic rings. The maximum absolute atomic E-state index is 13.2. The van der Waals surface area contributed by atoms with Crippen molar-refractivity contribution in [3.63, 3.8) is 0 Å². The normalized spacial score (nSPS) is 15.4. The molecule has 0 aliphatic carbocycles. The lowest BCUT2D eigenvalue weighted by Gasteiger charge is -2.28. The van der Waals surface area contributed by atoms with Crippen molar-refractivity contribution >= 4 is 37.7 Å². The average Bonchev–Trinajstić information content (AvgIpc) is 3.26. The van der Waals surface area contributed by atoms with E-state index in [4.69, 9.17) is 4.74 Å². The molecule has 1 aliphatic heterocycles. The Morgan fingerprint density at radius 1 is 1.21 bits per heavy atom. The highest BCUT2D eigenvalue weighted by atomic mass is 32.2. The minimum atomic E-state index is -3.83. The van der Waals surface area contributed by atoms with Gasteiger partial charge in [-0.25, -0.2) is 4.98 Å². The Labute approximate surface area is 174 Å². The second-order valence-electron chi connectivity index (χ2n) is 7.26.